The lowest BCUT2D eigenvalue weighted by molar-refractivity contribution is 0.0926. The summed E-state index contributed by atoms with van der Waals surface area (Å²) >= 11 is 0. The Morgan fingerprint density at radius 2 is 2.00 bits per heavy atom. The van der Waals surface area contributed by atoms with Gasteiger partial charge in [0.15, 0.2) is 0 Å². The van der Waals surface area contributed by atoms with Crippen LogP contribution in [0.4, 0.5) is 10.1 Å². The van der Waals surface area contributed by atoms with E-state index in [4.69, 9.17) is 5.73 Å². The van der Waals surface area contributed by atoms with E-state index >= 15 is 0 Å². The molecule has 0 heterocycles. The van der Waals surface area contributed by atoms with Crippen molar-refractivity contribution in [3.05, 3.63) is 29.6 Å². The number of hydrogen-bond acceptors (Lipinski definition) is 2. The second-order valence-electron chi connectivity index (χ2n) is 4.25. The first-order valence-corrected chi connectivity index (χ1v) is 5.27. The molecule has 3 nitrogen and oxygen atoms in total. The van der Waals surface area contributed by atoms with Gasteiger partial charge in [0.05, 0.1) is 5.56 Å². The molecule has 1 amide bonds. The molecule has 0 aromatic heterocycles. The number of carbonyl (C=O) groups is 1. The number of nitrogens with one attached hydrogen (secondary N) is 1. The van der Waals surface area contributed by atoms with Gasteiger partial charge in [-0.2, -0.15) is 0 Å². The largest absolute Gasteiger partial charge is 0.399 e. The van der Waals surface area contributed by atoms with E-state index in [1.165, 1.54) is 18.2 Å². The Hall–Kier alpha value is -1.58. The molecule has 0 saturated carbocycles. The lowest BCUT2D eigenvalue weighted by atomic mass is 10.1. The van der Waals surface area contributed by atoms with Crippen molar-refractivity contribution in [2.24, 2.45) is 5.92 Å². The molecule has 0 bridgehead atoms. The summed E-state index contributed by atoms with van der Waals surface area (Å²) in [4.78, 5) is 11.7. The molecule has 1 atom stereocenters. The van der Waals surface area contributed by atoms with Crippen molar-refractivity contribution < 1.29 is 9.18 Å². The Morgan fingerprint density at radius 3 is 2.56 bits per heavy atom. The van der Waals surface area contributed by atoms with Gasteiger partial charge in [-0.05, 0) is 31.0 Å². The minimum atomic E-state index is -0.553. The quantitative estimate of drug-likeness (QED) is 0.773. The molecule has 3 N–H and O–H groups in total. The van der Waals surface area contributed by atoms with Crippen LogP contribution in [0.2, 0.25) is 0 Å². The minimum Gasteiger partial charge on any atom is -0.399 e. The van der Waals surface area contributed by atoms with Gasteiger partial charge in [0, 0.05) is 11.7 Å². The summed E-state index contributed by atoms with van der Waals surface area (Å²) in [7, 11) is 0. The Bertz CT molecular complexity index is 391. The van der Waals surface area contributed by atoms with Crippen LogP contribution in [-0.4, -0.2) is 11.9 Å². The lowest BCUT2D eigenvalue weighted by Crippen LogP contribution is -2.36. The molecule has 1 rings (SSSR count). The van der Waals surface area contributed by atoms with Gasteiger partial charge in [0.2, 0.25) is 0 Å². The predicted octanol–water partition coefficient (Wildman–Crippen LogP) is 2.18. The number of hydrogen-bond donors (Lipinski definition) is 2. The molecule has 1 aromatic rings. The standard InChI is InChI=1S/C12H17FN2O/c1-7(2)8(3)15-12(16)10-6-9(14)4-5-11(10)13/h4-8H,14H2,1-3H3,(H,15,16). The van der Waals surface area contributed by atoms with Gasteiger partial charge in [0.1, 0.15) is 5.82 Å². The van der Waals surface area contributed by atoms with E-state index in [0.717, 1.165) is 0 Å². The molecule has 0 aliphatic rings. The van der Waals surface area contributed by atoms with Gasteiger partial charge in [-0.25, -0.2) is 4.39 Å². The second-order valence-corrected chi connectivity index (χ2v) is 4.25. The van der Waals surface area contributed by atoms with Gasteiger partial charge in [-0.3, -0.25) is 4.79 Å². The van der Waals surface area contributed by atoms with Crippen LogP contribution in [-0.2, 0) is 0 Å². The minimum absolute atomic E-state index is 0.00618. The summed E-state index contributed by atoms with van der Waals surface area (Å²) in [5, 5.41) is 2.73. The zero-order valence-corrected chi connectivity index (χ0v) is 9.75. The average Bonchev–Trinajstić information content (AvgIpc) is 2.21. The van der Waals surface area contributed by atoms with Crippen LogP contribution in [0.5, 0.6) is 0 Å². The van der Waals surface area contributed by atoms with E-state index in [2.05, 4.69) is 5.32 Å². The third kappa shape index (κ3) is 2.95. The van der Waals surface area contributed by atoms with Crippen LogP contribution < -0.4 is 11.1 Å². The Balaban J connectivity index is 2.84. The molecular weight excluding hydrogens is 207 g/mol. The summed E-state index contributed by atoms with van der Waals surface area (Å²) in [6.45, 7) is 5.86. The first-order valence-electron chi connectivity index (χ1n) is 5.27. The van der Waals surface area contributed by atoms with Crippen molar-refractivity contribution in [2.75, 3.05) is 5.73 Å². The third-order valence-corrected chi connectivity index (χ3v) is 2.59. The Labute approximate surface area is 94.8 Å². The second kappa shape index (κ2) is 4.96. The molecule has 4 heteroatoms. The zero-order valence-electron chi connectivity index (χ0n) is 9.75. The SMILES string of the molecule is CC(C)C(C)NC(=O)c1cc(N)ccc1F. The molecule has 1 aromatic carbocycles. The van der Waals surface area contributed by atoms with Gasteiger partial charge < -0.3 is 11.1 Å². The van der Waals surface area contributed by atoms with E-state index in [0.29, 0.717) is 11.6 Å². The van der Waals surface area contributed by atoms with Crippen LogP contribution in [0.15, 0.2) is 18.2 Å². The van der Waals surface area contributed by atoms with Crippen LogP contribution in [0.1, 0.15) is 31.1 Å². The topological polar surface area (TPSA) is 55.1 Å². The van der Waals surface area contributed by atoms with E-state index in [1.807, 2.05) is 20.8 Å². The number of nitrogen functional groups attached to an aromatic ring is 1. The summed E-state index contributed by atoms with van der Waals surface area (Å²) in [5.74, 6) is -0.679. The first kappa shape index (κ1) is 12.5. The maximum atomic E-state index is 13.4. The molecule has 1 unspecified atom stereocenters. The fourth-order valence-corrected chi connectivity index (χ4v) is 1.17. The summed E-state index contributed by atoms with van der Waals surface area (Å²) in [5.41, 5.74) is 5.88. The smallest absolute Gasteiger partial charge is 0.254 e. The van der Waals surface area contributed by atoms with Crippen molar-refractivity contribution in [1.29, 1.82) is 0 Å². The number of carbonyl (C=O) groups excluding carboxylic acids is 1. The van der Waals surface area contributed by atoms with Crippen molar-refractivity contribution in [1.82, 2.24) is 5.32 Å². The molecule has 88 valence electrons. The highest BCUT2D eigenvalue weighted by molar-refractivity contribution is 5.95. The predicted molar refractivity (Wildman–Crippen MR) is 62.6 cm³/mol. The van der Waals surface area contributed by atoms with Gasteiger partial charge in [-0.15, -0.1) is 0 Å². The average molecular weight is 224 g/mol. The van der Waals surface area contributed by atoms with Crippen molar-refractivity contribution >= 4 is 11.6 Å². The number of rotatable bonds is 3. The van der Waals surface area contributed by atoms with Crippen LogP contribution in [0.3, 0.4) is 0 Å². The van der Waals surface area contributed by atoms with Crippen molar-refractivity contribution in [2.45, 2.75) is 26.8 Å². The highest BCUT2D eigenvalue weighted by Gasteiger charge is 2.15. The van der Waals surface area contributed by atoms with Crippen molar-refractivity contribution in [3.63, 3.8) is 0 Å². The lowest BCUT2D eigenvalue weighted by Gasteiger charge is -2.17. The molecule has 0 radical (unpaired) electrons. The van der Waals surface area contributed by atoms with Crippen LogP contribution >= 0.6 is 0 Å². The van der Waals surface area contributed by atoms with Crippen molar-refractivity contribution in [3.8, 4) is 0 Å². The monoisotopic (exact) mass is 224 g/mol. The highest BCUT2D eigenvalue weighted by Crippen LogP contribution is 2.12. The zero-order chi connectivity index (χ0) is 12.3. The summed E-state index contributed by atoms with van der Waals surface area (Å²) in [6, 6.07) is 3.97. The summed E-state index contributed by atoms with van der Waals surface area (Å²) in [6.07, 6.45) is 0. The molecular formula is C12H17FN2O. The summed E-state index contributed by atoms with van der Waals surface area (Å²) < 4.78 is 13.4. The molecule has 16 heavy (non-hydrogen) atoms. The van der Waals surface area contributed by atoms with Gasteiger partial charge in [-0.1, -0.05) is 13.8 Å². The van der Waals surface area contributed by atoms with E-state index in [1.54, 1.807) is 0 Å². The Morgan fingerprint density at radius 1 is 1.38 bits per heavy atom. The maximum Gasteiger partial charge on any atom is 0.254 e. The Kier molecular flexibility index (Phi) is 3.88. The fraction of sp³-hybridized carbons (Fsp3) is 0.417. The number of benzene rings is 1. The maximum absolute atomic E-state index is 13.4. The molecule has 0 fully saturated rings. The molecule has 0 aliphatic heterocycles. The number of halogens is 1. The molecule has 0 aliphatic carbocycles. The molecule has 0 saturated heterocycles. The van der Waals surface area contributed by atoms with Gasteiger partial charge in [0.25, 0.3) is 5.91 Å². The number of anilines is 1. The van der Waals surface area contributed by atoms with Crippen LogP contribution in [0.25, 0.3) is 0 Å². The number of amides is 1. The van der Waals surface area contributed by atoms with E-state index < -0.39 is 11.7 Å². The normalized spacial score (nSPS) is 12.6. The van der Waals surface area contributed by atoms with E-state index in [9.17, 15) is 9.18 Å². The fourth-order valence-electron chi connectivity index (χ4n) is 1.17. The number of nitrogens with two attached hydrogens (primary N) is 1. The molecule has 0 spiro atoms. The third-order valence-electron chi connectivity index (χ3n) is 2.59. The first-order chi connectivity index (χ1) is 7.41. The van der Waals surface area contributed by atoms with E-state index in [-0.39, 0.29) is 11.6 Å². The van der Waals surface area contributed by atoms with Gasteiger partial charge >= 0.3 is 0 Å². The van der Waals surface area contributed by atoms with Crippen LogP contribution in [0, 0.1) is 11.7 Å². The highest BCUT2D eigenvalue weighted by atomic mass is 19.1.